The van der Waals surface area contributed by atoms with Gasteiger partial charge in [-0.3, -0.25) is 10.1 Å². The van der Waals surface area contributed by atoms with Crippen LogP contribution in [0.1, 0.15) is 72.3 Å². The molecule has 0 spiro atoms. The van der Waals surface area contributed by atoms with Crippen molar-refractivity contribution >= 4 is 51.9 Å². The molecule has 5 rings (SSSR count). The summed E-state index contributed by atoms with van der Waals surface area (Å²) in [6, 6.07) is 12.0. The summed E-state index contributed by atoms with van der Waals surface area (Å²) in [5, 5.41) is 9.21. The summed E-state index contributed by atoms with van der Waals surface area (Å²) in [4.78, 5) is 30.2. The first-order valence-corrected chi connectivity index (χ1v) is 12.7. The number of allylic oxidation sites excluding steroid dienone is 3. The first-order valence-electron chi connectivity index (χ1n) is 12.7. The lowest BCUT2D eigenvalue weighted by molar-refractivity contribution is -0.151. The second-order valence-corrected chi connectivity index (χ2v) is 8.15. The minimum absolute atomic E-state index is 0.166. The van der Waals surface area contributed by atoms with Gasteiger partial charge in [0.25, 0.3) is 5.91 Å². The Morgan fingerprint density at radius 3 is 2.23 bits per heavy atom. The van der Waals surface area contributed by atoms with E-state index in [1.54, 1.807) is 0 Å². The van der Waals surface area contributed by atoms with E-state index in [4.69, 9.17) is 4.84 Å². The highest BCUT2D eigenvalue weighted by molar-refractivity contribution is 6.14. The Hall–Kier alpha value is -3.60. The summed E-state index contributed by atoms with van der Waals surface area (Å²) >= 11 is 0. The number of carbonyl (C=O) groups is 2. The second-order valence-electron chi connectivity index (χ2n) is 8.15. The number of nitrogens with one attached hydrogen (secondary N) is 1. The summed E-state index contributed by atoms with van der Waals surface area (Å²) in [5.41, 5.74) is 3.83. The third-order valence-corrected chi connectivity index (χ3v) is 6.15. The molecule has 1 saturated carbocycles. The Kier molecular flexibility index (Phi) is 8.69. The molecule has 184 valence electrons. The molecule has 0 radical (unpaired) electrons. The number of nitrogens with zero attached hydrogens (tertiary/aromatic N) is 1. The van der Waals surface area contributed by atoms with Gasteiger partial charge < -0.3 is 4.84 Å². The Morgan fingerprint density at radius 2 is 1.63 bits per heavy atom. The fraction of sp³-hybridized carbons (Fsp3) is 0.333. The van der Waals surface area contributed by atoms with Crippen LogP contribution in [0.25, 0.3) is 34.2 Å². The van der Waals surface area contributed by atoms with E-state index in [0.29, 0.717) is 18.5 Å². The first kappa shape index (κ1) is 26.0. The van der Waals surface area contributed by atoms with Crippen LogP contribution in [0.4, 0.5) is 10.5 Å². The summed E-state index contributed by atoms with van der Waals surface area (Å²) < 4.78 is 0. The molecule has 2 fully saturated rings. The number of hydrogen-bond acceptors (Lipinski definition) is 3. The summed E-state index contributed by atoms with van der Waals surface area (Å²) in [6.07, 6.45) is 7.56. The third-order valence-electron chi connectivity index (χ3n) is 6.15. The molecule has 1 aliphatic heterocycles. The van der Waals surface area contributed by atoms with Gasteiger partial charge in [0.2, 0.25) is 0 Å². The molecule has 5 heteroatoms. The van der Waals surface area contributed by atoms with Crippen molar-refractivity contribution in [2.24, 2.45) is 0 Å². The van der Waals surface area contributed by atoms with E-state index < -0.39 is 6.09 Å². The van der Waals surface area contributed by atoms with Crippen LogP contribution >= 0.6 is 0 Å². The largest absolute Gasteiger partial charge is 0.436 e. The van der Waals surface area contributed by atoms with Crippen molar-refractivity contribution < 1.29 is 14.4 Å². The zero-order valence-electron chi connectivity index (χ0n) is 21.5. The van der Waals surface area contributed by atoms with Crippen LogP contribution in [-0.4, -0.2) is 17.1 Å². The van der Waals surface area contributed by atoms with E-state index in [9.17, 15) is 9.59 Å². The molecule has 5 nitrogen and oxygen atoms in total. The zero-order chi connectivity index (χ0) is 25.5. The number of amides is 2. The second kappa shape index (κ2) is 11.7. The third kappa shape index (κ3) is 5.24. The molecule has 2 aliphatic rings. The summed E-state index contributed by atoms with van der Waals surface area (Å²) in [5.74, 6) is -0.166. The maximum atomic E-state index is 12.6. The lowest BCUT2D eigenvalue weighted by atomic mass is 9.90. The highest BCUT2D eigenvalue weighted by atomic mass is 16.7. The lowest BCUT2D eigenvalue weighted by Gasteiger charge is -2.24. The number of rotatable bonds is 3. The Bertz CT molecular complexity index is 1310. The molecular formula is C30H36N2O3. The molecule has 1 N–H and O–H groups in total. The van der Waals surface area contributed by atoms with Crippen molar-refractivity contribution in [3.63, 3.8) is 0 Å². The minimum atomic E-state index is -0.658. The van der Waals surface area contributed by atoms with E-state index in [-0.39, 0.29) is 5.91 Å². The molecule has 1 heterocycles. The Balaban J connectivity index is 0.000000815. The van der Waals surface area contributed by atoms with Crippen molar-refractivity contribution in [3.8, 4) is 0 Å². The lowest BCUT2D eigenvalue weighted by Crippen LogP contribution is -2.31. The highest BCUT2D eigenvalue weighted by Gasteiger charge is 2.33. The molecule has 0 aromatic heterocycles. The van der Waals surface area contributed by atoms with Crippen LogP contribution in [0.15, 0.2) is 53.7 Å². The van der Waals surface area contributed by atoms with E-state index in [1.807, 2.05) is 71.0 Å². The van der Waals surface area contributed by atoms with Crippen molar-refractivity contribution in [1.29, 1.82) is 0 Å². The van der Waals surface area contributed by atoms with Gasteiger partial charge in [0, 0.05) is 18.5 Å². The van der Waals surface area contributed by atoms with Gasteiger partial charge >= 0.3 is 6.09 Å². The average molecular weight is 473 g/mol. The molecule has 35 heavy (non-hydrogen) atoms. The maximum absolute atomic E-state index is 12.6. The quantitative estimate of drug-likeness (QED) is 0.424. The molecule has 0 bridgehead atoms. The number of benzene rings is 3. The first-order chi connectivity index (χ1) is 17.0. The number of hydroxylamine groups is 2. The van der Waals surface area contributed by atoms with Crippen LogP contribution in [0.5, 0.6) is 0 Å². The van der Waals surface area contributed by atoms with Gasteiger partial charge in [-0.2, -0.15) is 0 Å². The number of anilines is 1. The minimum Gasteiger partial charge on any atom is -0.314 e. The predicted molar refractivity (Wildman–Crippen MR) is 147 cm³/mol. The molecule has 3 aromatic carbocycles. The molecule has 3 aromatic rings. The van der Waals surface area contributed by atoms with Crippen LogP contribution in [-0.2, 0) is 9.63 Å². The van der Waals surface area contributed by atoms with Gasteiger partial charge in [-0.25, -0.2) is 4.79 Å². The van der Waals surface area contributed by atoms with Crippen LogP contribution in [0.3, 0.4) is 0 Å². The standard InChI is InChI=1S/C26H24N2O3.2C2H6/c1-3-5-18-10-11-20-15-21(14-19-9-8-16(2)24(18)25(19)20)27-26(30)31-28-22(12-13-23(28)29)17-6-4-7-17;2*1-2/h3,5,8-11,14-15H,2,4,6-7,12-13H2,1H3,(H,27,30);2*1-2H3/b5-3-;;. The van der Waals surface area contributed by atoms with E-state index in [1.165, 1.54) is 10.6 Å². The Labute approximate surface area is 208 Å². The monoisotopic (exact) mass is 472 g/mol. The summed E-state index contributed by atoms with van der Waals surface area (Å²) in [7, 11) is 0. The van der Waals surface area contributed by atoms with Gasteiger partial charge in [-0.05, 0) is 76.2 Å². The van der Waals surface area contributed by atoms with Crippen molar-refractivity contribution in [3.05, 3.63) is 64.5 Å². The molecular weight excluding hydrogens is 436 g/mol. The van der Waals surface area contributed by atoms with Crippen LogP contribution in [0.2, 0.25) is 0 Å². The average Bonchev–Trinajstić information content (AvgIpc) is 3.18. The maximum Gasteiger partial charge on any atom is 0.436 e. The van der Waals surface area contributed by atoms with Gasteiger partial charge in [0.15, 0.2) is 0 Å². The molecule has 1 aliphatic carbocycles. The topological polar surface area (TPSA) is 58.6 Å². The zero-order valence-corrected chi connectivity index (χ0v) is 21.5. The fourth-order valence-corrected chi connectivity index (χ4v) is 4.53. The van der Waals surface area contributed by atoms with Crippen molar-refractivity contribution in [1.82, 2.24) is 5.06 Å². The Morgan fingerprint density at radius 1 is 0.971 bits per heavy atom. The molecule has 0 unspecified atom stereocenters. The van der Waals surface area contributed by atoms with E-state index >= 15 is 0 Å². The highest BCUT2D eigenvalue weighted by Crippen LogP contribution is 2.36. The van der Waals surface area contributed by atoms with Crippen LogP contribution < -0.4 is 10.5 Å². The SMILES string of the molecule is C=c1ccc2cc(NC(=O)ON3C(=O)CCC3=C3CCC3)cc3ccc(/C=C\C)c1c32.CC.CC. The number of hydrogen-bond donors (Lipinski definition) is 1. The normalized spacial score (nSPS) is 15.0. The molecule has 0 atom stereocenters. The van der Waals surface area contributed by atoms with Crippen LogP contribution in [0, 0.1) is 0 Å². The predicted octanol–water partition coefficient (Wildman–Crippen LogP) is 7.73. The smallest absolute Gasteiger partial charge is 0.314 e. The molecule has 2 amide bonds. The van der Waals surface area contributed by atoms with E-state index in [2.05, 4.69) is 24.0 Å². The van der Waals surface area contributed by atoms with Crippen molar-refractivity contribution in [2.45, 2.75) is 66.7 Å². The summed E-state index contributed by atoms with van der Waals surface area (Å²) in [6.45, 7) is 14.2. The van der Waals surface area contributed by atoms with Gasteiger partial charge in [-0.15, -0.1) is 5.06 Å². The van der Waals surface area contributed by atoms with Gasteiger partial charge in [0.05, 0.1) is 5.70 Å². The van der Waals surface area contributed by atoms with Gasteiger partial charge in [0.1, 0.15) is 0 Å². The van der Waals surface area contributed by atoms with E-state index in [0.717, 1.165) is 57.3 Å². The van der Waals surface area contributed by atoms with Gasteiger partial charge in [-0.1, -0.05) is 70.7 Å². The number of carbonyl (C=O) groups excluding carboxylic acids is 2. The van der Waals surface area contributed by atoms with Crippen molar-refractivity contribution in [2.75, 3.05) is 5.32 Å². The fourth-order valence-electron chi connectivity index (χ4n) is 4.53. The molecule has 1 saturated heterocycles.